The van der Waals surface area contributed by atoms with Crippen molar-refractivity contribution in [3.63, 3.8) is 0 Å². The van der Waals surface area contributed by atoms with Crippen LogP contribution in [0.2, 0.25) is 0 Å². The summed E-state index contributed by atoms with van der Waals surface area (Å²) in [5.74, 6) is -1.35. The van der Waals surface area contributed by atoms with E-state index in [1.165, 1.54) is 18.2 Å². The van der Waals surface area contributed by atoms with E-state index in [-0.39, 0.29) is 17.8 Å². The van der Waals surface area contributed by atoms with E-state index in [1.807, 2.05) is 0 Å². The smallest absolute Gasteiger partial charge is 0.305 e. The summed E-state index contributed by atoms with van der Waals surface area (Å²) in [6.45, 7) is 1.72. The van der Waals surface area contributed by atoms with Crippen LogP contribution in [-0.2, 0) is 6.54 Å². The summed E-state index contributed by atoms with van der Waals surface area (Å²) in [7, 11) is 0. The van der Waals surface area contributed by atoms with Crippen molar-refractivity contribution in [3.8, 4) is 0 Å². The summed E-state index contributed by atoms with van der Waals surface area (Å²) < 4.78 is 27.4. The Morgan fingerprint density at radius 3 is 2.65 bits per heavy atom. The molecule has 6 heteroatoms. The molecule has 0 heterocycles. The third-order valence-electron chi connectivity index (χ3n) is 2.85. The van der Waals surface area contributed by atoms with Crippen LogP contribution in [0.5, 0.6) is 0 Å². The van der Waals surface area contributed by atoms with E-state index in [1.54, 1.807) is 19.1 Å². The zero-order valence-corrected chi connectivity index (χ0v) is 10.7. The van der Waals surface area contributed by atoms with Crippen molar-refractivity contribution in [2.24, 2.45) is 0 Å². The number of rotatable bonds is 4. The van der Waals surface area contributed by atoms with Crippen molar-refractivity contribution in [1.82, 2.24) is 0 Å². The average molecular weight is 278 g/mol. The Balaban J connectivity index is 2.19. The molecule has 0 bridgehead atoms. The lowest BCUT2D eigenvalue weighted by atomic mass is 10.1. The molecule has 0 aliphatic rings. The maximum Gasteiger partial charge on any atom is 0.305 e. The fourth-order valence-electron chi connectivity index (χ4n) is 1.80. The van der Waals surface area contributed by atoms with Crippen LogP contribution in [0.3, 0.4) is 0 Å². The van der Waals surface area contributed by atoms with Gasteiger partial charge in [0.2, 0.25) is 5.82 Å². The third-order valence-corrected chi connectivity index (χ3v) is 2.85. The maximum absolute atomic E-state index is 13.8. The molecule has 0 saturated carbocycles. The highest BCUT2D eigenvalue weighted by atomic mass is 19.1. The molecule has 1 N–H and O–H groups in total. The zero-order chi connectivity index (χ0) is 14.7. The quantitative estimate of drug-likeness (QED) is 0.683. The average Bonchev–Trinajstić information content (AvgIpc) is 2.39. The molecule has 0 atom stereocenters. The lowest BCUT2D eigenvalue weighted by Gasteiger charge is -2.09. The molecular weight excluding hydrogens is 266 g/mol. The van der Waals surface area contributed by atoms with Gasteiger partial charge < -0.3 is 5.32 Å². The Kier molecular flexibility index (Phi) is 3.93. The predicted molar refractivity (Wildman–Crippen MR) is 71.5 cm³/mol. The molecule has 2 aromatic rings. The second kappa shape index (κ2) is 5.64. The van der Waals surface area contributed by atoms with Crippen molar-refractivity contribution < 1.29 is 13.7 Å². The van der Waals surface area contributed by atoms with E-state index >= 15 is 0 Å². The van der Waals surface area contributed by atoms with E-state index in [2.05, 4.69) is 5.32 Å². The first-order valence-corrected chi connectivity index (χ1v) is 5.91. The minimum Gasteiger partial charge on any atom is -0.378 e. The molecule has 104 valence electrons. The number of nitro benzene ring substituents is 1. The second-order valence-electron chi connectivity index (χ2n) is 4.34. The van der Waals surface area contributed by atoms with E-state index in [4.69, 9.17) is 0 Å². The SMILES string of the molecule is Cc1ccc(NCc2cccc([N+](=O)[O-])c2F)c(F)c1. The Labute approximate surface area is 114 Å². The standard InChI is InChI=1S/C14H12F2N2O2/c1-9-5-6-12(11(15)7-9)17-8-10-3-2-4-13(14(10)16)18(19)20/h2-7,17H,8H2,1H3. The zero-order valence-electron chi connectivity index (χ0n) is 10.7. The van der Waals surface area contributed by atoms with Crippen molar-refractivity contribution >= 4 is 11.4 Å². The molecule has 4 nitrogen and oxygen atoms in total. The first-order chi connectivity index (χ1) is 9.49. The van der Waals surface area contributed by atoms with Crippen LogP contribution in [-0.4, -0.2) is 4.92 Å². The largest absolute Gasteiger partial charge is 0.378 e. The number of hydrogen-bond donors (Lipinski definition) is 1. The molecule has 2 rings (SSSR count). The first kappa shape index (κ1) is 13.9. The molecule has 0 fully saturated rings. The summed E-state index contributed by atoms with van der Waals surface area (Å²) >= 11 is 0. The number of nitro groups is 1. The number of anilines is 1. The minimum absolute atomic E-state index is 0.0342. The normalized spacial score (nSPS) is 10.3. The molecule has 20 heavy (non-hydrogen) atoms. The van der Waals surface area contributed by atoms with Crippen LogP contribution >= 0.6 is 0 Å². The third kappa shape index (κ3) is 2.90. The van der Waals surface area contributed by atoms with Crippen LogP contribution < -0.4 is 5.32 Å². The highest BCUT2D eigenvalue weighted by Crippen LogP contribution is 2.22. The van der Waals surface area contributed by atoms with E-state index in [9.17, 15) is 18.9 Å². The lowest BCUT2D eigenvalue weighted by Crippen LogP contribution is -2.05. The molecular formula is C14H12F2N2O2. The summed E-state index contributed by atoms with van der Waals surface area (Å²) in [5.41, 5.74) is 0.518. The van der Waals surface area contributed by atoms with E-state index < -0.39 is 22.2 Å². The van der Waals surface area contributed by atoms with Gasteiger partial charge in [-0.1, -0.05) is 18.2 Å². The van der Waals surface area contributed by atoms with Gasteiger partial charge in [-0.25, -0.2) is 4.39 Å². The Bertz CT molecular complexity index is 660. The fraction of sp³-hybridized carbons (Fsp3) is 0.143. The molecule has 0 aromatic heterocycles. The molecule has 0 radical (unpaired) electrons. The second-order valence-corrected chi connectivity index (χ2v) is 4.34. The summed E-state index contributed by atoms with van der Waals surface area (Å²) in [4.78, 5) is 9.84. The number of aryl methyl sites for hydroxylation is 1. The lowest BCUT2D eigenvalue weighted by molar-refractivity contribution is -0.387. The number of halogens is 2. The van der Waals surface area contributed by atoms with Gasteiger partial charge in [0.1, 0.15) is 5.82 Å². The number of nitrogens with one attached hydrogen (secondary N) is 1. The van der Waals surface area contributed by atoms with Crippen LogP contribution in [0, 0.1) is 28.7 Å². The van der Waals surface area contributed by atoms with Gasteiger partial charge in [0.15, 0.2) is 0 Å². The van der Waals surface area contributed by atoms with Crippen LogP contribution in [0.15, 0.2) is 36.4 Å². The minimum atomic E-state index is -0.905. The molecule has 0 aliphatic heterocycles. The highest BCUT2D eigenvalue weighted by Gasteiger charge is 2.17. The van der Waals surface area contributed by atoms with Crippen molar-refractivity contribution in [2.45, 2.75) is 13.5 Å². The highest BCUT2D eigenvalue weighted by molar-refractivity contribution is 5.47. The van der Waals surface area contributed by atoms with Crippen molar-refractivity contribution in [1.29, 1.82) is 0 Å². The van der Waals surface area contributed by atoms with Gasteiger partial charge in [0, 0.05) is 18.2 Å². The monoisotopic (exact) mass is 278 g/mol. The molecule has 0 aliphatic carbocycles. The van der Waals surface area contributed by atoms with Gasteiger partial charge in [-0.3, -0.25) is 10.1 Å². The molecule has 0 spiro atoms. The number of hydrogen-bond acceptors (Lipinski definition) is 3. The van der Waals surface area contributed by atoms with Gasteiger partial charge in [-0.05, 0) is 24.6 Å². The van der Waals surface area contributed by atoms with Gasteiger partial charge >= 0.3 is 5.69 Å². The van der Waals surface area contributed by atoms with Gasteiger partial charge in [-0.2, -0.15) is 4.39 Å². The Morgan fingerprint density at radius 2 is 2.00 bits per heavy atom. The summed E-state index contributed by atoms with van der Waals surface area (Å²) in [5, 5.41) is 13.4. The fourth-order valence-corrected chi connectivity index (χ4v) is 1.80. The molecule has 0 amide bonds. The van der Waals surface area contributed by atoms with E-state index in [0.29, 0.717) is 0 Å². The van der Waals surface area contributed by atoms with Gasteiger partial charge in [-0.15, -0.1) is 0 Å². The number of nitrogens with zero attached hydrogens (tertiary/aromatic N) is 1. The Morgan fingerprint density at radius 1 is 1.25 bits per heavy atom. The number of benzene rings is 2. The molecule has 0 saturated heterocycles. The van der Waals surface area contributed by atoms with Crippen LogP contribution in [0.1, 0.15) is 11.1 Å². The maximum atomic E-state index is 13.8. The summed E-state index contributed by atoms with van der Waals surface area (Å²) in [6.07, 6.45) is 0. The van der Waals surface area contributed by atoms with Crippen molar-refractivity contribution in [3.05, 3.63) is 69.3 Å². The molecule has 0 unspecified atom stereocenters. The first-order valence-electron chi connectivity index (χ1n) is 5.91. The summed E-state index contributed by atoms with van der Waals surface area (Å²) in [6, 6.07) is 8.51. The van der Waals surface area contributed by atoms with Crippen molar-refractivity contribution in [2.75, 3.05) is 5.32 Å². The molecule has 2 aromatic carbocycles. The topological polar surface area (TPSA) is 55.2 Å². The van der Waals surface area contributed by atoms with Gasteiger partial charge in [0.25, 0.3) is 0 Å². The van der Waals surface area contributed by atoms with E-state index in [0.717, 1.165) is 11.6 Å². The predicted octanol–water partition coefficient (Wildman–Crippen LogP) is 3.79. The Hall–Kier alpha value is -2.50. The van der Waals surface area contributed by atoms with Gasteiger partial charge in [0.05, 0.1) is 10.6 Å². The van der Waals surface area contributed by atoms with Crippen LogP contribution in [0.4, 0.5) is 20.2 Å². The van der Waals surface area contributed by atoms with Crippen LogP contribution in [0.25, 0.3) is 0 Å².